The summed E-state index contributed by atoms with van der Waals surface area (Å²) < 4.78 is 4.74. The standard InChI is InChI=1S/C16H15ClN2O3/c1-22-16(21)13(10-11-6-3-2-4-7-11)19-15(20)12-8-5-9-14(17)18-12/h2-9,13H,10H2,1H3,(H,19,20)/t13-/m0/s1. The van der Waals surface area contributed by atoms with Gasteiger partial charge in [-0.25, -0.2) is 9.78 Å². The summed E-state index contributed by atoms with van der Waals surface area (Å²) in [6.45, 7) is 0. The summed E-state index contributed by atoms with van der Waals surface area (Å²) in [5.41, 5.74) is 1.06. The van der Waals surface area contributed by atoms with Crippen LogP contribution in [0.3, 0.4) is 0 Å². The first kappa shape index (κ1) is 16.0. The van der Waals surface area contributed by atoms with Gasteiger partial charge in [0, 0.05) is 6.42 Å². The van der Waals surface area contributed by atoms with E-state index >= 15 is 0 Å². The van der Waals surface area contributed by atoms with Crippen molar-refractivity contribution in [2.24, 2.45) is 0 Å². The van der Waals surface area contributed by atoms with Crippen molar-refractivity contribution in [3.63, 3.8) is 0 Å². The molecule has 0 saturated carbocycles. The van der Waals surface area contributed by atoms with Gasteiger partial charge in [0.25, 0.3) is 5.91 Å². The number of amides is 1. The molecule has 2 aromatic rings. The lowest BCUT2D eigenvalue weighted by molar-refractivity contribution is -0.142. The van der Waals surface area contributed by atoms with Crippen LogP contribution < -0.4 is 5.32 Å². The molecule has 0 spiro atoms. The van der Waals surface area contributed by atoms with Crippen molar-refractivity contribution in [3.8, 4) is 0 Å². The lowest BCUT2D eigenvalue weighted by Gasteiger charge is -2.16. The minimum Gasteiger partial charge on any atom is -0.467 e. The number of carbonyl (C=O) groups excluding carboxylic acids is 2. The van der Waals surface area contributed by atoms with Crippen LogP contribution in [0.2, 0.25) is 5.15 Å². The summed E-state index contributed by atoms with van der Waals surface area (Å²) in [6, 6.07) is 13.3. The highest BCUT2D eigenvalue weighted by molar-refractivity contribution is 6.29. The van der Waals surface area contributed by atoms with E-state index in [9.17, 15) is 9.59 Å². The first-order valence-corrected chi connectivity index (χ1v) is 7.03. The Kier molecular flexibility index (Phi) is 5.49. The number of hydrogen-bond acceptors (Lipinski definition) is 4. The van der Waals surface area contributed by atoms with Crippen LogP contribution in [-0.4, -0.2) is 30.0 Å². The van der Waals surface area contributed by atoms with Gasteiger partial charge in [-0.05, 0) is 17.7 Å². The van der Waals surface area contributed by atoms with E-state index in [4.69, 9.17) is 16.3 Å². The van der Waals surface area contributed by atoms with Crippen molar-refractivity contribution < 1.29 is 14.3 Å². The van der Waals surface area contributed by atoms with E-state index in [1.807, 2.05) is 30.3 Å². The van der Waals surface area contributed by atoms with Crippen LogP contribution in [0.5, 0.6) is 0 Å². The van der Waals surface area contributed by atoms with Crippen LogP contribution in [0.25, 0.3) is 0 Å². The molecule has 2 rings (SSSR count). The lowest BCUT2D eigenvalue weighted by atomic mass is 10.1. The molecule has 1 amide bonds. The fraction of sp³-hybridized carbons (Fsp3) is 0.188. The van der Waals surface area contributed by atoms with Crippen LogP contribution in [0.15, 0.2) is 48.5 Å². The Balaban J connectivity index is 2.13. The average molecular weight is 319 g/mol. The van der Waals surface area contributed by atoms with Gasteiger partial charge in [0.2, 0.25) is 0 Å². The Morgan fingerprint density at radius 1 is 1.18 bits per heavy atom. The highest BCUT2D eigenvalue weighted by Crippen LogP contribution is 2.08. The predicted molar refractivity (Wildman–Crippen MR) is 82.7 cm³/mol. The molecule has 1 N–H and O–H groups in total. The molecule has 0 bridgehead atoms. The van der Waals surface area contributed by atoms with Gasteiger partial charge in [-0.1, -0.05) is 48.0 Å². The Hall–Kier alpha value is -2.40. The van der Waals surface area contributed by atoms with Crippen LogP contribution in [0.4, 0.5) is 0 Å². The van der Waals surface area contributed by atoms with Crippen molar-refractivity contribution in [2.75, 3.05) is 7.11 Å². The molecule has 22 heavy (non-hydrogen) atoms. The van der Waals surface area contributed by atoms with Crippen molar-refractivity contribution in [1.82, 2.24) is 10.3 Å². The topological polar surface area (TPSA) is 68.3 Å². The maximum atomic E-state index is 12.2. The smallest absolute Gasteiger partial charge is 0.328 e. The van der Waals surface area contributed by atoms with Crippen LogP contribution in [0.1, 0.15) is 16.1 Å². The van der Waals surface area contributed by atoms with Crippen molar-refractivity contribution in [1.29, 1.82) is 0 Å². The number of pyridine rings is 1. The maximum Gasteiger partial charge on any atom is 0.328 e. The van der Waals surface area contributed by atoms with Crippen LogP contribution in [-0.2, 0) is 16.0 Å². The van der Waals surface area contributed by atoms with E-state index in [1.54, 1.807) is 12.1 Å². The fourth-order valence-corrected chi connectivity index (χ4v) is 2.12. The highest BCUT2D eigenvalue weighted by Gasteiger charge is 2.23. The first-order valence-electron chi connectivity index (χ1n) is 6.65. The van der Waals surface area contributed by atoms with Gasteiger partial charge in [-0.3, -0.25) is 4.79 Å². The number of rotatable bonds is 5. The number of esters is 1. The minimum atomic E-state index is -0.791. The molecule has 0 radical (unpaired) electrons. The zero-order valence-corrected chi connectivity index (χ0v) is 12.7. The third-order valence-corrected chi connectivity index (χ3v) is 3.23. The largest absolute Gasteiger partial charge is 0.467 e. The van der Waals surface area contributed by atoms with Gasteiger partial charge >= 0.3 is 5.97 Å². The second-order valence-corrected chi connectivity index (χ2v) is 4.97. The van der Waals surface area contributed by atoms with E-state index in [0.29, 0.717) is 6.42 Å². The van der Waals surface area contributed by atoms with E-state index < -0.39 is 17.9 Å². The van der Waals surface area contributed by atoms with Gasteiger partial charge < -0.3 is 10.1 Å². The van der Waals surface area contributed by atoms with E-state index in [2.05, 4.69) is 10.3 Å². The summed E-state index contributed by atoms with van der Waals surface area (Å²) in [4.78, 5) is 28.0. The normalized spacial score (nSPS) is 11.5. The molecule has 5 nitrogen and oxygen atoms in total. The number of aromatic nitrogens is 1. The van der Waals surface area contributed by atoms with Crippen molar-refractivity contribution in [3.05, 3.63) is 64.9 Å². The molecular weight excluding hydrogens is 304 g/mol. The summed E-state index contributed by atoms with van der Waals surface area (Å²) in [5.74, 6) is -0.993. The molecule has 0 aliphatic rings. The number of benzene rings is 1. The Morgan fingerprint density at radius 3 is 2.55 bits per heavy atom. The number of nitrogens with one attached hydrogen (secondary N) is 1. The molecule has 0 saturated heterocycles. The Morgan fingerprint density at radius 2 is 1.91 bits per heavy atom. The predicted octanol–water partition coefficient (Wildman–Crippen LogP) is 2.25. The molecule has 0 aliphatic carbocycles. The Bertz CT molecular complexity index is 661. The number of hydrogen-bond donors (Lipinski definition) is 1. The molecule has 1 heterocycles. The summed E-state index contributed by atoms with van der Waals surface area (Å²) in [6.07, 6.45) is 0.333. The molecule has 0 aliphatic heterocycles. The molecule has 1 atom stereocenters. The first-order chi connectivity index (χ1) is 10.6. The van der Waals surface area contributed by atoms with Crippen LogP contribution >= 0.6 is 11.6 Å². The van der Waals surface area contributed by atoms with Crippen molar-refractivity contribution in [2.45, 2.75) is 12.5 Å². The third kappa shape index (κ3) is 4.30. The SMILES string of the molecule is COC(=O)[C@H](Cc1ccccc1)NC(=O)c1cccc(Cl)n1. The summed E-state index contributed by atoms with van der Waals surface area (Å²) >= 11 is 5.76. The zero-order chi connectivity index (χ0) is 15.9. The number of nitrogens with zero attached hydrogens (tertiary/aromatic N) is 1. The van der Waals surface area contributed by atoms with E-state index in [0.717, 1.165) is 5.56 Å². The van der Waals surface area contributed by atoms with Gasteiger partial charge in [-0.2, -0.15) is 0 Å². The van der Waals surface area contributed by atoms with Crippen LogP contribution in [0, 0.1) is 0 Å². The maximum absolute atomic E-state index is 12.2. The summed E-state index contributed by atoms with van der Waals surface area (Å²) in [5, 5.41) is 2.84. The van der Waals surface area contributed by atoms with Gasteiger partial charge in [0.1, 0.15) is 16.9 Å². The van der Waals surface area contributed by atoms with Gasteiger partial charge in [0.15, 0.2) is 0 Å². The van der Waals surface area contributed by atoms with E-state index in [1.165, 1.54) is 13.2 Å². The molecule has 1 aromatic heterocycles. The Labute approximate surface area is 133 Å². The molecule has 0 unspecified atom stereocenters. The van der Waals surface area contributed by atoms with Gasteiger partial charge in [-0.15, -0.1) is 0 Å². The molecule has 6 heteroatoms. The molecule has 1 aromatic carbocycles. The summed E-state index contributed by atoms with van der Waals surface area (Å²) in [7, 11) is 1.28. The second kappa shape index (κ2) is 7.56. The second-order valence-electron chi connectivity index (χ2n) is 4.58. The third-order valence-electron chi connectivity index (χ3n) is 3.02. The molecule has 0 fully saturated rings. The fourth-order valence-electron chi connectivity index (χ4n) is 1.95. The van der Waals surface area contributed by atoms with Gasteiger partial charge in [0.05, 0.1) is 7.11 Å². The average Bonchev–Trinajstić information content (AvgIpc) is 2.54. The number of ether oxygens (including phenoxy) is 1. The zero-order valence-electron chi connectivity index (χ0n) is 12.0. The molecule has 114 valence electrons. The monoisotopic (exact) mass is 318 g/mol. The molecular formula is C16H15ClN2O3. The lowest BCUT2D eigenvalue weighted by Crippen LogP contribution is -2.43. The highest BCUT2D eigenvalue weighted by atomic mass is 35.5. The quantitative estimate of drug-likeness (QED) is 0.678. The van der Waals surface area contributed by atoms with E-state index in [-0.39, 0.29) is 10.8 Å². The number of carbonyl (C=O) groups is 2. The minimum absolute atomic E-state index is 0.148. The number of halogens is 1. The number of methoxy groups -OCH3 is 1. The van der Waals surface area contributed by atoms with Crippen molar-refractivity contribution >= 4 is 23.5 Å².